The molecule has 1 fully saturated rings. The van der Waals surface area contributed by atoms with Crippen LogP contribution in [0, 0.1) is 5.92 Å². The Kier molecular flexibility index (Phi) is 2.74. The predicted molar refractivity (Wildman–Crippen MR) is 65.9 cm³/mol. The van der Waals surface area contributed by atoms with E-state index in [2.05, 4.69) is 6.58 Å². The van der Waals surface area contributed by atoms with Gasteiger partial charge in [-0.25, -0.2) is 0 Å². The van der Waals surface area contributed by atoms with Crippen molar-refractivity contribution in [1.29, 1.82) is 0 Å². The lowest BCUT2D eigenvalue weighted by Crippen LogP contribution is -2.60. The van der Waals surface area contributed by atoms with Gasteiger partial charge in [0.2, 0.25) is 5.78 Å². The van der Waals surface area contributed by atoms with Gasteiger partial charge in [0.1, 0.15) is 11.2 Å². The number of fused-ring (bicyclic) bond motifs is 2. The van der Waals surface area contributed by atoms with E-state index in [0.717, 1.165) is 0 Å². The Hall–Kier alpha value is -1.42. The number of carbonyl (C=O) groups excluding carboxylic acids is 2. The van der Waals surface area contributed by atoms with Crippen LogP contribution in [0.2, 0.25) is 0 Å². The minimum Gasteiger partial charge on any atom is -0.451 e. The van der Waals surface area contributed by atoms with Crippen molar-refractivity contribution in [2.75, 3.05) is 0 Å². The zero-order valence-corrected chi connectivity index (χ0v) is 11.1. The highest BCUT2D eigenvalue weighted by molar-refractivity contribution is 6.04. The van der Waals surface area contributed by atoms with Crippen LogP contribution in [0.1, 0.15) is 27.7 Å². The van der Waals surface area contributed by atoms with Crippen molar-refractivity contribution in [3.05, 3.63) is 24.3 Å². The minimum absolute atomic E-state index is 0.0111. The molecule has 2 bridgehead atoms. The molecule has 18 heavy (non-hydrogen) atoms. The average molecular weight is 250 g/mol. The van der Waals surface area contributed by atoms with Crippen molar-refractivity contribution in [3.8, 4) is 0 Å². The first-order valence-corrected chi connectivity index (χ1v) is 6.04. The summed E-state index contributed by atoms with van der Waals surface area (Å²) in [5.41, 5.74) is -1.32. The van der Waals surface area contributed by atoms with E-state index in [0.29, 0.717) is 5.57 Å². The van der Waals surface area contributed by atoms with Gasteiger partial charge >= 0.3 is 5.97 Å². The third kappa shape index (κ3) is 1.56. The van der Waals surface area contributed by atoms with E-state index < -0.39 is 23.3 Å². The van der Waals surface area contributed by atoms with Crippen molar-refractivity contribution in [1.82, 2.24) is 0 Å². The van der Waals surface area contributed by atoms with Gasteiger partial charge in [-0.1, -0.05) is 20.4 Å². The molecule has 2 aliphatic heterocycles. The number of hydrogen-bond donors (Lipinski definition) is 0. The molecule has 0 saturated carbocycles. The summed E-state index contributed by atoms with van der Waals surface area (Å²) in [6.07, 6.45) is 2.73. The van der Waals surface area contributed by atoms with Crippen LogP contribution in [-0.4, -0.2) is 29.1 Å². The molecule has 2 aliphatic rings. The molecule has 3 atom stereocenters. The lowest BCUT2D eigenvalue weighted by atomic mass is 9.79. The van der Waals surface area contributed by atoms with Crippen molar-refractivity contribution < 1.29 is 19.1 Å². The molecule has 2 heterocycles. The van der Waals surface area contributed by atoms with E-state index in [1.165, 1.54) is 6.92 Å². The standard InChI is InChI=1S/C14H18O4/c1-8(2)14-7-6-13(5,18-14)9(3)11(16)12(14)17-10(4)15/h6-8,12H,3H2,1-2,4-5H3/t12-,13-,14-/m1/s1. The Bertz CT molecular complexity index is 462. The van der Waals surface area contributed by atoms with Gasteiger partial charge in [0.25, 0.3) is 0 Å². The van der Waals surface area contributed by atoms with Crippen LogP contribution in [0.25, 0.3) is 0 Å². The van der Waals surface area contributed by atoms with Crippen molar-refractivity contribution in [2.24, 2.45) is 5.92 Å². The van der Waals surface area contributed by atoms with Gasteiger partial charge in [0, 0.05) is 12.5 Å². The van der Waals surface area contributed by atoms with E-state index in [9.17, 15) is 9.59 Å². The summed E-state index contributed by atoms with van der Waals surface area (Å²) in [6, 6.07) is 0. The minimum atomic E-state index is -0.936. The van der Waals surface area contributed by atoms with Crippen molar-refractivity contribution in [3.63, 3.8) is 0 Å². The molecule has 98 valence electrons. The monoisotopic (exact) mass is 250 g/mol. The summed E-state index contributed by atoms with van der Waals surface area (Å²) in [4.78, 5) is 23.5. The topological polar surface area (TPSA) is 52.6 Å². The van der Waals surface area contributed by atoms with Gasteiger partial charge in [0.05, 0.1) is 0 Å². The highest BCUT2D eigenvalue weighted by atomic mass is 16.6. The molecule has 0 unspecified atom stereocenters. The van der Waals surface area contributed by atoms with Crippen LogP contribution < -0.4 is 0 Å². The van der Waals surface area contributed by atoms with Crippen LogP contribution in [-0.2, 0) is 19.1 Å². The Labute approximate surface area is 107 Å². The fourth-order valence-corrected chi connectivity index (χ4v) is 2.56. The second-order valence-electron chi connectivity index (χ2n) is 5.38. The zero-order valence-electron chi connectivity index (χ0n) is 11.1. The SMILES string of the molecule is C=C1C(=O)[C@@H](OC(C)=O)[C@]2(C(C)C)C=C[C@@]1(C)O2. The maximum atomic E-state index is 12.3. The van der Waals surface area contributed by atoms with Gasteiger partial charge in [0.15, 0.2) is 6.10 Å². The predicted octanol–water partition coefficient (Wildman–Crippen LogP) is 1.80. The Balaban J connectivity index is 2.49. The molecule has 2 rings (SSSR count). The molecular formula is C14H18O4. The number of ether oxygens (including phenoxy) is 2. The lowest BCUT2D eigenvalue weighted by molar-refractivity contribution is -0.195. The molecule has 0 aromatic carbocycles. The number of ketones is 1. The Morgan fingerprint density at radius 3 is 2.61 bits per heavy atom. The molecule has 0 aromatic heterocycles. The molecule has 0 N–H and O–H groups in total. The maximum Gasteiger partial charge on any atom is 0.303 e. The molecule has 4 heteroatoms. The van der Waals surface area contributed by atoms with Gasteiger partial charge in [-0.15, -0.1) is 0 Å². The summed E-state index contributed by atoms with van der Waals surface area (Å²) in [5.74, 6) is -0.733. The van der Waals surface area contributed by atoms with Crippen molar-refractivity contribution >= 4 is 11.8 Å². The molecule has 0 spiro atoms. The van der Waals surface area contributed by atoms with Gasteiger partial charge in [-0.3, -0.25) is 9.59 Å². The van der Waals surface area contributed by atoms with Gasteiger partial charge in [-0.2, -0.15) is 0 Å². The summed E-state index contributed by atoms with van der Waals surface area (Å²) in [7, 11) is 0. The van der Waals surface area contributed by atoms with Crippen LogP contribution in [0.4, 0.5) is 0 Å². The Morgan fingerprint density at radius 2 is 2.11 bits per heavy atom. The molecule has 0 radical (unpaired) electrons. The average Bonchev–Trinajstić information content (AvgIpc) is 2.61. The number of hydrogen-bond acceptors (Lipinski definition) is 4. The summed E-state index contributed by atoms with van der Waals surface area (Å²) in [6.45, 7) is 10.7. The third-order valence-corrected chi connectivity index (χ3v) is 3.78. The normalized spacial score (nSPS) is 38.4. The second-order valence-corrected chi connectivity index (χ2v) is 5.38. The fraction of sp³-hybridized carbons (Fsp3) is 0.571. The van der Waals surface area contributed by atoms with Crippen molar-refractivity contribution in [2.45, 2.75) is 45.0 Å². The molecule has 0 aliphatic carbocycles. The number of rotatable bonds is 2. The molecule has 4 nitrogen and oxygen atoms in total. The molecular weight excluding hydrogens is 232 g/mol. The van der Waals surface area contributed by atoms with Gasteiger partial charge in [-0.05, 0) is 25.0 Å². The van der Waals surface area contributed by atoms with E-state index >= 15 is 0 Å². The quantitative estimate of drug-likeness (QED) is 0.426. The Morgan fingerprint density at radius 1 is 1.50 bits per heavy atom. The first-order valence-electron chi connectivity index (χ1n) is 6.04. The fourth-order valence-electron chi connectivity index (χ4n) is 2.56. The van der Waals surface area contributed by atoms with Crippen LogP contribution >= 0.6 is 0 Å². The molecule has 0 amide bonds. The second kappa shape index (κ2) is 3.79. The van der Waals surface area contributed by atoms with Gasteiger partial charge < -0.3 is 9.47 Å². The number of esters is 1. The van der Waals surface area contributed by atoms with E-state index in [-0.39, 0.29) is 11.7 Å². The summed E-state index contributed by atoms with van der Waals surface area (Å²) < 4.78 is 11.2. The van der Waals surface area contributed by atoms with Crippen LogP contribution in [0.15, 0.2) is 24.3 Å². The largest absolute Gasteiger partial charge is 0.451 e. The molecule has 1 saturated heterocycles. The highest BCUT2D eigenvalue weighted by Crippen LogP contribution is 2.48. The summed E-state index contributed by atoms with van der Waals surface area (Å²) in [5, 5.41) is 0. The zero-order chi connectivity index (χ0) is 13.7. The molecule has 0 aromatic rings. The van der Waals surface area contributed by atoms with E-state index in [1.54, 1.807) is 6.92 Å². The van der Waals surface area contributed by atoms with E-state index in [4.69, 9.17) is 9.47 Å². The number of Topliss-reactive ketones (excluding diaryl/α,β-unsaturated/α-hetero) is 1. The summed E-state index contributed by atoms with van der Waals surface area (Å²) >= 11 is 0. The highest BCUT2D eigenvalue weighted by Gasteiger charge is 2.60. The number of carbonyl (C=O) groups is 2. The maximum absolute atomic E-state index is 12.3. The third-order valence-electron chi connectivity index (χ3n) is 3.78. The first kappa shape index (κ1) is 13.0. The van der Waals surface area contributed by atoms with Crippen LogP contribution in [0.5, 0.6) is 0 Å². The van der Waals surface area contributed by atoms with Crippen LogP contribution in [0.3, 0.4) is 0 Å². The smallest absolute Gasteiger partial charge is 0.303 e. The first-order chi connectivity index (χ1) is 8.23. The lowest BCUT2D eigenvalue weighted by Gasteiger charge is -2.45. The van der Waals surface area contributed by atoms with E-state index in [1.807, 2.05) is 26.0 Å².